The molecule has 0 aliphatic carbocycles. The Balaban J connectivity index is 1.23. The number of nitrogen functional groups attached to an aromatic ring is 2. The Morgan fingerprint density at radius 1 is 0.925 bits per heavy atom. The number of halogens is 1. The molecule has 216 valence electrons. The number of aromatic nitrogens is 2. The van der Waals surface area contributed by atoms with E-state index in [-0.39, 0.29) is 22.5 Å². The van der Waals surface area contributed by atoms with Gasteiger partial charge >= 0.3 is 0 Å². The van der Waals surface area contributed by atoms with Crippen molar-refractivity contribution in [2.45, 2.75) is 58.8 Å². The Hall–Kier alpha value is -3.36. The highest BCUT2D eigenvalue weighted by Crippen LogP contribution is 2.18. The molecule has 3 rings (SSSR count). The number of ether oxygens (including phenoxy) is 1. The van der Waals surface area contributed by atoms with Gasteiger partial charge in [0.1, 0.15) is 5.75 Å². The summed E-state index contributed by atoms with van der Waals surface area (Å²) in [6.45, 7) is 7.49. The minimum Gasteiger partial charge on any atom is -0.494 e. The van der Waals surface area contributed by atoms with Crippen LogP contribution < -0.4 is 26.8 Å². The fourth-order valence-corrected chi connectivity index (χ4v) is 4.41. The first-order valence-corrected chi connectivity index (χ1v) is 14.7. The van der Waals surface area contributed by atoms with Gasteiger partial charge in [0.25, 0.3) is 5.91 Å². The van der Waals surface area contributed by atoms with Gasteiger partial charge in [-0.25, -0.2) is 9.97 Å². The third-order valence-electron chi connectivity index (χ3n) is 7.08. The molecule has 8 nitrogen and oxygen atoms in total. The van der Waals surface area contributed by atoms with Gasteiger partial charge in [-0.1, -0.05) is 68.3 Å². The Bertz CT molecular complexity index is 1190. The minimum atomic E-state index is -0.413. The summed E-state index contributed by atoms with van der Waals surface area (Å²) in [5.74, 6) is 1.27. The third-order valence-corrected chi connectivity index (χ3v) is 7.35. The van der Waals surface area contributed by atoms with Crippen LogP contribution in [0, 0.1) is 5.92 Å². The van der Waals surface area contributed by atoms with Gasteiger partial charge < -0.3 is 26.8 Å². The number of nitrogens with two attached hydrogens (primary N) is 3. The van der Waals surface area contributed by atoms with Crippen LogP contribution in [0.15, 0.2) is 48.5 Å². The van der Waals surface area contributed by atoms with Crippen molar-refractivity contribution in [3.8, 4) is 5.75 Å². The van der Waals surface area contributed by atoms with E-state index in [4.69, 9.17) is 27.8 Å². The van der Waals surface area contributed by atoms with Crippen LogP contribution in [-0.4, -0.2) is 42.1 Å². The first kappa shape index (κ1) is 31.2. The van der Waals surface area contributed by atoms with Crippen molar-refractivity contribution in [3.63, 3.8) is 0 Å². The lowest BCUT2D eigenvalue weighted by molar-refractivity contribution is -0.653. The maximum absolute atomic E-state index is 12.2. The lowest BCUT2D eigenvalue weighted by Gasteiger charge is -2.09. The number of quaternary nitrogens is 1. The average Bonchev–Trinajstić information content (AvgIpc) is 2.96. The van der Waals surface area contributed by atoms with Crippen LogP contribution in [0.3, 0.4) is 0 Å². The number of anilines is 2. The topological polar surface area (TPSA) is 133 Å². The monoisotopic (exact) mass is 567 g/mol. The number of nitrogens with zero attached hydrogens (tertiary/aromatic N) is 2. The summed E-state index contributed by atoms with van der Waals surface area (Å²) in [6.07, 6.45) is 7.74. The number of hydrogen-bond acceptors (Lipinski definition) is 6. The zero-order chi connectivity index (χ0) is 28.7. The van der Waals surface area contributed by atoms with Crippen molar-refractivity contribution in [3.05, 3.63) is 76.1 Å². The van der Waals surface area contributed by atoms with Crippen LogP contribution in [0.4, 0.5) is 11.6 Å². The van der Waals surface area contributed by atoms with Gasteiger partial charge in [0.05, 0.1) is 26.2 Å². The Morgan fingerprint density at radius 3 is 2.23 bits per heavy atom. The maximum atomic E-state index is 12.2. The normalized spacial score (nSPS) is 11.8. The van der Waals surface area contributed by atoms with Gasteiger partial charge in [0.2, 0.25) is 0 Å². The smallest absolute Gasteiger partial charge is 0.273 e. The molecule has 1 amide bonds. The molecule has 0 saturated heterocycles. The van der Waals surface area contributed by atoms with E-state index in [1.54, 1.807) is 0 Å². The van der Waals surface area contributed by atoms with E-state index in [9.17, 15) is 4.79 Å². The first-order chi connectivity index (χ1) is 19.4. The number of benzene rings is 2. The van der Waals surface area contributed by atoms with Crippen LogP contribution in [0.2, 0.25) is 5.15 Å². The summed E-state index contributed by atoms with van der Waals surface area (Å²) < 4.78 is 5.95. The zero-order valence-corrected chi connectivity index (χ0v) is 24.6. The molecule has 0 spiro atoms. The summed E-state index contributed by atoms with van der Waals surface area (Å²) in [4.78, 5) is 20.0. The van der Waals surface area contributed by atoms with Gasteiger partial charge in [0, 0.05) is 6.42 Å². The van der Waals surface area contributed by atoms with Gasteiger partial charge in [-0.3, -0.25) is 4.79 Å². The summed E-state index contributed by atoms with van der Waals surface area (Å²) in [5.41, 5.74) is 15.3. The number of rotatable bonds is 17. The Kier molecular flexibility index (Phi) is 13.0. The summed E-state index contributed by atoms with van der Waals surface area (Å²) >= 11 is 5.83. The van der Waals surface area contributed by atoms with Crippen LogP contribution in [0.5, 0.6) is 5.75 Å². The molecule has 3 aromatic rings. The van der Waals surface area contributed by atoms with Gasteiger partial charge in [-0.05, 0) is 66.8 Å². The second-order valence-corrected chi connectivity index (χ2v) is 10.7. The van der Waals surface area contributed by atoms with E-state index in [2.05, 4.69) is 83.0 Å². The predicted molar refractivity (Wildman–Crippen MR) is 163 cm³/mol. The lowest BCUT2D eigenvalue weighted by atomic mass is 9.98. The third kappa shape index (κ3) is 10.7. The molecule has 0 fully saturated rings. The summed E-state index contributed by atoms with van der Waals surface area (Å²) in [6, 6.07) is 17.5. The highest BCUT2D eigenvalue weighted by Gasteiger charge is 2.15. The number of aryl methyl sites for hydroxylation is 3. The van der Waals surface area contributed by atoms with Crippen LogP contribution in [-0.2, 0) is 19.3 Å². The second-order valence-electron chi connectivity index (χ2n) is 10.3. The van der Waals surface area contributed by atoms with E-state index in [0.717, 1.165) is 50.4 Å². The standard InChI is InChI=1S/C31H43ClN6O2/c1-3-22(2)8-9-25-12-10-24(11-13-25)7-5-21-40-26-16-14-23(15-17-26)6-4-18-35-19-20-36-31(39)27-29(33)38-30(34)28(32)37-27/h10-17,22,35H,3-9,18-21H2,1-2H3,(H,36,39)(H4,33,34,38)/p+1. The molecule has 0 aliphatic heterocycles. The van der Waals surface area contributed by atoms with Gasteiger partial charge in [0.15, 0.2) is 22.5 Å². The van der Waals surface area contributed by atoms with Crippen molar-refractivity contribution in [2.75, 3.05) is 37.7 Å². The molecule has 1 aromatic heterocycles. The molecular weight excluding hydrogens is 524 g/mol. The summed E-state index contributed by atoms with van der Waals surface area (Å²) in [5, 5.41) is 4.91. The molecule has 2 aromatic carbocycles. The average molecular weight is 568 g/mol. The highest BCUT2D eigenvalue weighted by atomic mass is 35.5. The zero-order valence-electron chi connectivity index (χ0n) is 23.8. The van der Waals surface area contributed by atoms with Gasteiger partial charge in [-0.15, -0.1) is 0 Å². The van der Waals surface area contributed by atoms with Crippen molar-refractivity contribution < 1.29 is 14.8 Å². The largest absolute Gasteiger partial charge is 0.494 e. The predicted octanol–water partition coefficient (Wildman–Crippen LogP) is 4.21. The molecule has 7 N–H and O–H groups in total. The van der Waals surface area contributed by atoms with Crippen LogP contribution in [0.25, 0.3) is 0 Å². The molecule has 40 heavy (non-hydrogen) atoms. The molecule has 0 radical (unpaired) electrons. The van der Waals surface area contributed by atoms with Crippen molar-refractivity contribution in [1.82, 2.24) is 15.3 Å². The molecule has 1 atom stereocenters. The maximum Gasteiger partial charge on any atom is 0.273 e. The molecule has 1 unspecified atom stereocenters. The van der Waals surface area contributed by atoms with E-state index >= 15 is 0 Å². The van der Waals surface area contributed by atoms with Crippen LogP contribution in [0.1, 0.15) is 66.7 Å². The van der Waals surface area contributed by atoms with E-state index in [1.807, 2.05) is 0 Å². The Morgan fingerprint density at radius 2 is 1.55 bits per heavy atom. The minimum absolute atomic E-state index is 0.00562. The molecule has 0 saturated carbocycles. The number of hydrogen-bond donors (Lipinski definition) is 4. The summed E-state index contributed by atoms with van der Waals surface area (Å²) in [7, 11) is 0. The van der Waals surface area contributed by atoms with Gasteiger partial charge in [-0.2, -0.15) is 0 Å². The van der Waals surface area contributed by atoms with E-state index in [1.165, 1.54) is 36.0 Å². The molecular formula is C31H44ClN6O2+. The van der Waals surface area contributed by atoms with Crippen molar-refractivity contribution in [1.29, 1.82) is 0 Å². The van der Waals surface area contributed by atoms with Crippen molar-refractivity contribution in [2.24, 2.45) is 5.92 Å². The second kappa shape index (κ2) is 16.7. The van der Waals surface area contributed by atoms with Crippen LogP contribution >= 0.6 is 11.6 Å². The number of amides is 1. The van der Waals surface area contributed by atoms with Crippen molar-refractivity contribution >= 4 is 29.1 Å². The van der Waals surface area contributed by atoms with E-state index in [0.29, 0.717) is 13.2 Å². The first-order valence-electron chi connectivity index (χ1n) is 14.3. The SMILES string of the molecule is CCC(C)CCc1ccc(CCCOc2ccc(CCC[NH2+]CCNC(=O)c3nc(Cl)c(N)nc3N)cc2)cc1. The highest BCUT2D eigenvalue weighted by molar-refractivity contribution is 6.31. The molecule has 0 bridgehead atoms. The fourth-order valence-electron chi connectivity index (χ4n) is 4.28. The number of carbonyl (C=O) groups excluding carboxylic acids is 1. The number of carbonyl (C=O) groups is 1. The molecule has 1 heterocycles. The molecule has 9 heteroatoms. The Labute approximate surface area is 243 Å². The molecule has 0 aliphatic rings. The number of nitrogens with one attached hydrogen (secondary N) is 1. The fraction of sp³-hybridized carbons (Fsp3) is 0.452. The van der Waals surface area contributed by atoms with E-state index < -0.39 is 5.91 Å². The quantitative estimate of drug-likeness (QED) is 0.181. The lowest BCUT2D eigenvalue weighted by Crippen LogP contribution is -2.85.